The van der Waals surface area contributed by atoms with Crippen LogP contribution in [0.4, 0.5) is 5.69 Å². The van der Waals surface area contributed by atoms with E-state index >= 15 is 0 Å². The molecule has 0 spiro atoms. The highest BCUT2D eigenvalue weighted by molar-refractivity contribution is 5.98. The summed E-state index contributed by atoms with van der Waals surface area (Å²) in [5, 5.41) is 2.99. The van der Waals surface area contributed by atoms with Crippen molar-refractivity contribution in [2.75, 3.05) is 11.9 Å². The number of rotatable bonds is 5. The van der Waals surface area contributed by atoms with Crippen molar-refractivity contribution in [1.29, 1.82) is 0 Å². The highest BCUT2D eigenvalue weighted by atomic mass is 16.5. The van der Waals surface area contributed by atoms with E-state index in [1.807, 2.05) is 31.2 Å². The van der Waals surface area contributed by atoms with Crippen LogP contribution in [0.3, 0.4) is 0 Å². The molecule has 0 aromatic heterocycles. The number of amides is 1. The van der Waals surface area contributed by atoms with Gasteiger partial charge in [0.1, 0.15) is 0 Å². The molecule has 1 saturated carbocycles. The molecule has 20 heavy (non-hydrogen) atoms. The SMILES string of the molecule is CCOCc1ccccc1NC(=O)C1(N)CCCCC1. The first-order valence-corrected chi connectivity index (χ1v) is 7.42. The number of nitrogens with two attached hydrogens (primary N) is 1. The minimum absolute atomic E-state index is 0.0684. The largest absolute Gasteiger partial charge is 0.377 e. The van der Waals surface area contributed by atoms with Crippen molar-refractivity contribution in [3.63, 3.8) is 0 Å². The van der Waals surface area contributed by atoms with E-state index in [9.17, 15) is 4.79 Å². The van der Waals surface area contributed by atoms with E-state index in [4.69, 9.17) is 10.5 Å². The topological polar surface area (TPSA) is 64.3 Å². The van der Waals surface area contributed by atoms with E-state index in [0.29, 0.717) is 13.2 Å². The Kier molecular flexibility index (Phi) is 5.15. The number of nitrogens with one attached hydrogen (secondary N) is 1. The van der Waals surface area contributed by atoms with Crippen LogP contribution < -0.4 is 11.1 Å². The molecule has 0 bridgehead atoms. The first kappa shape index (κ1) is 15.0. The quantitative estimate of drug-likeness (QED) is 0.869. The Bertz CT molecular complexity index is 454. The van der Waals surface area contributed by atoms with E-state index < -0.39 is 5.54 Å². The first-order chi connectivity index (χ1) is 9.65. The second-order valence-electron chi connectivity index (χ2n) is 5.47. The fraction of sp³-hybridized carbons (Fsp3) is 0.562. The van der Waals surface area contributed by atoms with Gasteiger partial charge in [-0.05, 0) is 25.8 Å². The van der Waals surface area contributed by atoms with Gasteiger partial charge in [0, 0.05) is 17.9 Å². The van der Waals surface area contributed by atoms with E-state index in [-0.39, 0.29) is 5.91 Å². The molecule has 0 atom stereocenters. The summed E-state index contributed by atoms with van der Waals surface area (Å²) in [6.45, 7) is 3.12. The Balaban J connectivity index is 2.07. The molecule has 1 aromatic rings. The summed E-state index contributed by atoms with van der Waals surface area (Å²) in [5.74, 6) is -0.0684. The second kappa shape index (κ2) is 6.86. The van der Waals surface area contributed by atoms with Gasteiger partial charge in [-0.2, -0.15) is 0 Å². The fourth-order valence-corrected chi connectivity index (χ4v) is 2.64. The molecule has 4 nitrogen and oxygen atoms in total. The number of ether oxygens (including phenoxy) is 1. The molecule has 1 aromatic carbocycles. The maximum Gasteiger partial charge on any atom is 0.244 e. The molecule has 4 heteroatoms. The summed E-state index contributed by atoms with van der Waals surface area (Å²) in [4.78, 5) is 12.4. The van der Waals surface area contributed by atoms with Crippen LogP contribution in [0, 0.1) is 0 Å². The maximum atomic E-state index is 12.4. The van der Waals surface area contributed by atoms with Crippen molar-refractivity contribution in [1.82, 2.24) is 0 Å². The fourth-order valence-electron chi connectivity index (χ4n) is 2.64. The number of hydrogen-bond donors (Lipinski definition) is 2. The zero-order valence-electron chi connectivity index (χ0n) is 12.2. The molecule has 1 aliphatic carbocycles. The van der Waals surface area contributed by atoms with E-state index in [2.05, 4.69) is 5.32 Å². The zero-order valence-corrected chi connectivity index (χ0v) is 12.2. The van der Waals surface area contributed by atoms with Crippen LogP contribution in [-0.4, -0.2) is 18.1 Å². The minimum atomic E-state index is -0.711. The van der Waals surface area contributed by atoms with E-state index in [1.165, 1.54) is 6.42 Å². The van der Waals surface area contributed by atoms with Gasteiger partial charge in [-0.3, -0.25) is 4.79 Å². The molecular formula is C16H24N2O2. The van der Waals surface area contributed by atoms with Gasteiger partial charge in [0.2, 0.25) is 5.91 Å². The molecule has 110 valence electrons. The molecule has 2 rings (SSSR count). The molecule has 3 N–H and O–H groups in total. The predicted octanol–water partition coefficient (Wildman–Crippen LogP) is 2.82. The van der Waals surface area contributed by atoms with Crippen LogP contribution in [0.1, 0.15) is 44.6 Å². The average molecular weight is 276 g/mol. The molecule has 1 amide bonds. The van der Waals surface area contributed by atoms with Crippen molar-refractivity contribution in [3.05, 3.63) is 29.8 Å². The summed E-state index contributed by atoms with van der Waals surface area (Å²) in [5.41, 5.74) is 7.34. The summed E-state index contributed by atoms with van der Waals surface area (Å²) >= 11 is 0. The smallest absolute Gasteiger partial charge is 0.244 e. The van der Waals surface area contributed by atoms with Crippen LogP contribution >= 0.6 is 0 Å². The lowest BCUT2D eigenvalue weighted by atomic mass is 9.82. The monoisotopic (exact) mass is 276 g/mol. The summed E-state index contributed by atoms with van der Waals surface area (Å²) in [7, 11) is 0. The highest BCUT2D eigenvalue weighted by Gasteiger charge is 2.35. The highest BCUT2D eigenvalue weighted by Crippen LogP contribution is 2.28. The lowest BCUT2D eigenvalue weighted by molar-refractivity contribution is -0.122. The number of carbonyl (C=O) groups is 1. The molecule has 0 unspecified atom stereocenters. The predicted molar refractivity (Wildman–Crippen MR) is 80.4 cm³/mol. The Labute approximate surface area is 120 Å². The van der Waals surface area contributed by atoms with Gasteiger partial charge < -0.3 is 15.8 Å². The number of para-hydroxylation sites is 1. The van der Waals surface area contributed by atoms with Gasteiger partial charge in [0.25, 0.3) is 0 Å². The molecule has 1 fully saturated rings. The van der Waals surface area contributed by atoms with Crippen LogP contribution in [0.2, 0.25) is 0 Å². The third kappa shape index (κ3) is 3.58. The number of anilines is 1. The van der Waals surface area contributed by atoms with Gasteiger partial charge in [-0.1, -0.05) is 37.5 Å². The molecule has 0 aliphatic heterocycles. The van der Waals surface area contributed by atoms with Crippen molar-refractivity contribution in [2.45, 2.75) is 51.2 Å². The van der Waals surface area contributed by atoms with Crippen molar-refractivity contribution in [2.24, 2.45) is 5.73 Å². The maximum absolute atomic E-state index is 12.4. The Morgan fingerprint density at radius 1 is 1.30 bits per heavy atom. The zero-order chi connectivity index (χ0) is 14.4. The Hall–Kier alpha value is -1.39. The second-order valence-corrected chi connectivity index (χ2v) is 5.47. The number of carbonyl (C=O) groups excluding carboxylic acids is 1. The van der Waals surface area contributed by atoms with Crippen LogP contribution in [0.5, 0.6) is 0 Å². The van der Waals surface area contributed by atoms with Crippen molar-refractivity contribution < 1.29 is 9.53 Å². The van der Waals surface area contributed by atoms with Crippen molar-refractivity contribution in [3.8, 4) is 0 Å². The van der Waals surface area contributed by atoms with Gasteiger partial charge >= 0.3 is 0 Å². The van der Waals surface area contributed by atoms with E-state index in [1.54, 1.807) is 0 Å². The van der Waals surface area contributed by atoms with Crippen molar-refractivity contribution >= 4 is 11.6 Å². The third-order valence-electron chi connectivity index (χ3n) is 3.93. The molecule has 0 radical (unpaired) electrons. The van der Waals surface area contributed by atoms with Gasteiger partial charge in [-0.15, -0.1) is 0 Å². The lowest BCUT2D eigenvalue weighted by Crippen LogP contribution is -2.52. The van der Waals surface area contributed by atoms with Crippen LogP contribution in [0.25, 0.3) is 0 Å². The van der Waals surface area contributed by atoms with Gasteiger partial charge in [0.15, 0.2) is 0 Å². The van der Waals surface area contributed by atoms with Crippen LogP contribution in [0.15, 0.2) is 24.3 Å². The number of hydrogen-bond acceptors (Lipinski definition) is 3. The van der Waals surface area contributed by atoms with Gasteiger partial charge in [0.05, 0.1) is 12.1 Å². The molecule has 0 heterocycles. The van der Waals surface area contributed by atoms with Gasteiger partial charge in [-0.25, -0.2) is 0 Å². The lowest BCUT2D eigenvalue weighted by Gasteiger charge is -2.32. The Morgan fingerprint density at radius 2 is 2.00 bits per heavy atom. The first-order valence-electron chi connectivity index (χ1n) is 7.42. The summed E-state index contributed by atoms with van der Waals surface area (Å²) < 4.78 is 5.43. The summed E-state index contributed by atoms with van der Waals surface area (Å²) in [6.07, 6.45) is 4.78. The average Bonchev–Trinajstić information content (AvgIpc) is 2.47. The normalized spacial score (nSPS) is 17.7. The van der Waals surface area contributed by atoms with E-state index in [0.717, 1.165) is 36.9 Å². The number of benzene rings is 1. The molecule has 1 aliphatic rings. The Morgan fingerprint density at radius 3 is 2.70 bits per heavy atom. The third-order valence-corrected chi connectivity index (χ3v) is 3.93. The molecule has 0 saturated heterocycles. The standard InChI is InChI=1S/C16H24N2O2/c1-2-20-12-13-8-4-5-9-14(13)18-15(19)16(17)10-6-3-7-11-16/h4-5,8-9H,2-3,6-7,10-12,17H2,1H3,(H,18,19). The summed E-state index contributed by atoms with van der Waals surface area (Å²) in [6, 6.07) is 7.73. The molecular weight excluding hydrogens is 252 g/mol. The minimum Gasteiger partial charge on any atom is -0.377 e. The van der Waals surface area contributed by atoms with Crippen LogP contribution in [-0.2, 0) is 16.1 Å².